The zero-order valence-electron chi connectivity index (χ0n) is 12.0. The third kappa shape index (κ3) is 3.51. The van der Waals surface area contributed by atoms with E-state index in [2.05, 4.69) is 5.32 Å². The maximum atomic E-state index is 11.2. The number of hydrogen-bond donors (Lipinski definition) is 1. The van der Waals surface area contributed by atoms with Crippen LogP contribution in [0.2, 0.25) is 0 Å². The number of methoxy groups -OCH3 is 1. The molecule has 7 heteroatoms. The summed E-state index contributed by atoms with van der Waals surface area (Å²) in [6.45, 7) is 1.27. The Hall–Kier alpha value is -3.09. The van der Waals surface area contributed by atoms with Crippen LogP contribution in [-0.2, 0) is 4.79 Å². The van der Waals surface area contributed by atoms with E-state index in [1.54, 1.807) is 24.3 Å². The first-order valence-electron chi connectivity index (χ1n) is 6.38. The molecule has 1 N–H and O–H groups in total. The van der Waals surface area contributed by atoms with Crippen LogP contribution in [0.4, 0.5) is 11.4 Å². The highest BCUT2D eigenvalue weighted by atomic mass is 16.6. The molecule has 2 aromatic rings. The monoisotopic (exact) mass is 302 g/mol. The van der Waals surface area contributed by atoms with E-state index in [4.69, 9.17) is 9.47 Å². The van der Waals surface area contributed by atoms with Crippen LogP contribution in [0.3, 0.4) is 0 Å². The van der Waals surface area contributed by atoms with E-state index in [1.807, 2.05) is 6.07 Å². The fraction of sp³-hybridized carbons (Fsp3) is 0.133. The highest BCUT2D eigenvalue weighted by molar-refractivity contribution is 5.92. The van der Waals surface area contributed by atoms with E-state index in [9.17, 15) is 14.9 Å². The summed E-state index contributed by atoms with van der Waals surface area (Å²) in [6, 6.07) is 11.5. The molecular formula is C15H14N2O5. The second-order valence-electron chi connectivity index (χ2n) is 4.37. The van der Waals surface area contributed by atoms with E-state index in [-0.39, 0.29) is 22.9 Å². The zero-order chi connectivity index (χ0) is 16.1. The molecule has 0 bridgehead atoms. The number of hydrogen-bond acceptors (Lipinski definition) is 5. The molecule has 0 spiro atoms. The average Bonchev–Trinajstić information content (AvgIpc) is 2.47. The number of carbonyl (C=O) groups is 1. The molecular weight excluding hydrogens is 288 g/mol. The predicted octanol–water partition coefficient (Wildman–Crippen LogP) is 3.35. The molecule has 114 valence electrons. The molecule has 0 aliphatic heterocycles. The van der Waals surface area contributed by atoms with Crippen LogP contribution in [0.15, 0.2) is 42.5 Å². The summed E-state index contributed by atoms with van der Waals surface area (Å²) in [5.74, 6) is 0.593. The molecule has 0 aliphatic rings. The number of ether oxygens (including phenoxy) is 2. The van der Waals surface area contributed by atoms with Crippen molar-refractivity contribution >= 4 is 17.3 Å². The maximum Gasteiger partial charge on any atom is 0.296 e. The second kappa shape index (κ2) is 6.57. The summed E-state index contributed by atoms with van der Waals surface area (Å²) >= 11 is 0. The molecule has 22 heavy (non-hydrogen) atoms. The average molecular weight is 302 g/mol. The molecule has 1 amide bonds. The number of para-hydroxylation sites is 1. The Kier molecular flexibility index (Phi) is 4.57. The Morgan fingerprint density at radius 1 is 1.18 bits per heavy atom. The maximum absolute atomic E-state index is 11.2. The molecule has 0 aliphatic carbocycles. The molecule has 0 aromatic heterocycles. The van der Waals surface area contributed by atoms with Crippen LogP contribution in [0.25, 0.3) is 0 Å². The Labute approximate surface area is 126 Å². The van der Waals surface area contributed by atoms with Gasteiger partial charge in [0.05, 0.1) is 18.1 Å². The SMILES string of the molecule is COc1cc([N+](=O)[O-])c(NC(C)=O)cc1Oc1ccccc1. The van der Waals surface area contributed by atoms with Crippen molar-refractivity contribution < 1.29 is 19.2 Å². The van der Waals surface area contributed by atoms with E-state index >= 15 is 0 Å². The van der Waals surface area contributed by atoms with Gasteiger partial charge in [0.2, 0.25) is 5.91 Å². The largest absolute Gasteiger partial charge is 0.493 e. The molecule has 0 atom stereocenters. The van der Waals surface area contributed by atoms with Crippen LogP contribution in [0.5, 0.6) is 17.2 Å². The Morgan fingerprint density at radius 3 is 2.41 bits per heavy atom. The second-order valence-corrected chi connectivity index (χ2v) is 4.37. The van der Waals surface area contributed by atoms with Crippen molar-refractivity contribution in [3.05, 3.63) is 52.6 Å². The quantitative estimate of drug-likeness (QED) is 0.675. The highest BCUT2D eigenvalue weighted by Crippen LogP contribution is 2.39. The zero-order valence-corrected chi connectivity index (χ0v) is 12.0. The fourth-order valence-electron chi connectivity index (χ4n) is 1.84. The lowest BCUT2D eigenvalue weighted by Crippen LogP contribution is -2.08. The first-order chi connectivity index (χ1) is 10.5. The molecule has 0 saturated heterocycles. The van der Waals surface area contributed by atoms with Gasteiger partial charge in [-0.3, -0.25) is 14.9 Å². The molecule has 0 fully saturated rings. The van der Waals surface area contributed by atoms with Crippen molar-refractivity contribution in [3.8, 4) is 17.2 Å². The summed E-state index contributed by atoms with van der Waals surface area (Å²) in [4.78, 5) is 21.7. The minimum Gasteiger partial charge on any atom is -0.493 e. The van der Waals surface area contributed by atoms with Gasteiger partial charge in [-0.15, -0.1) is 0 Å². The third-order valence-electron chi connectivity index (χ3n) is 2.76. The van der Waals surface area contributed by atoms with E-state index in [0.717, 1.165) is 0 Å². The number of rotatable bonds is 5. The van der Waals surface area contributed by atoms with Crippen molar-refractivity contribution in [1.82, 2.24) is 0 Å². The lowest BCUT2D eigenvalue weighted by Gasteiger charge is -2.12. The van der Waals surface area contributed by atoms with Gasteiger partial charge in [0.1, 0.15) is 11.4 Å². The van der Waals surface area contributed by atoms with Gasteiger partial charge in [0, 0.05) is 13.0 Å². The van der Waals surface area contributed by atoms with Crippen LogP contribution in [0.1, 0.15) is 6.92 Å². The lowest BCUT2D eigenvalue weighted by atomic mass is 10.2. The standard InChI is InChI=1S/C15H14N2O5/c1-10(18)16-12-8-15(22-11-6-4-3-5-7-11)14(21-2)9-13(12)17(19)20/h3-9H,1-2H3,(H,16,18). The lowest BCUT2D eigenvalue weighted by molar-refractivity contribution is -0.384. The van der Waals surface area contributed by atoms with Gasteiger partial charge in [-0.2, -0.15) is 0 Å². The Balaban J connectivity index is 2.47. The van der Waals surface area contributed by atoms with Gasteiger partial charge in [-0.1, -0.05) is 18.2 Å². The van der Waals surface area contributed by atoms with E-state index < -0.39 is 10.8 Å². The first-order valence-corrected chi connectivity index (χ1v) is 6.38. The molecule has 0 radical (unpaired) electrons. The minimum atomic E-state index is -0.597. The number of amides is 1. The Bertz CT molecular complexity index is 701. The molecule has 7 nitrogen and oxygen atoms in total. The van der Waals surface area contributed by atoms with Gasteiger partial charge >= 0.3 is 0 Å². The van der Waals surface area contributed by atoms with Crippen LogP contribution in [-0.4, -0.2) is 17.9 Å². The van der Waals surface area contributed by atoms with Crippen molar-refractivity contribution in [2.75, 3.05) is 12.4 Å². The van der Waals surface area contributed by atoms with Crippen molar-refractivity contribution in [1.29, 1.82) is 0 Å². The summed E-state index contributed by atoms with van der Waals surface area (Å²) < 4.78 is 10.8. The number of nitro benzene ring substituents is 1. The molecule has 0 heterocycles. The summed E-state index contributed by atoms with van der Waals surface area (Å²) in [5, 5.41) is 13.5. The normalized spacial score (nSPS) is 9.91. The molecule has 2 aromatic carbocycles. The van der Waals surface area contributed by atoms with E-state index in [1.165, 1.54) is 26.2 Å². The highest BCUT2D eigenvalue weighted by Gasteiger charge is 2.21. The molecule has 2 rings (SSSR count). The van der Waals surface area contributed by atoms with E-state index in [0.29, 0.717) is 5.75 Å². The van der Waals surface area contributed by atoms with Gasteiger partial charge in [-0.25, -0.2) is 0 Å². The molecule has 0 saturated carbocycles. The molecule has 0 unspecified atom stereocenters. The number of benzene rings is 2. The van der Waals surface area contributed by atoms with Gasteiger partial charge in [-0.05, 0) is 12.1 Å². The smallest absolute Gasteiger partial charge is 0.296 e. The van der Waals surface area contributed by atoms with Gasteiger partial charge < -0.3 is 14.8 Å². The summed E-state index contributed by atoms with van der Waals surface area (Å²) in [5.41, 5.74) is -0.225. The Morgan fingerprint density at radius 2 is 1.86 bits per heavy atom. The van der Waals surface area contributed by atoms with Gasteiger partial charge in [0.25, 0.3) is 5.69 Å². The van der Waals surface area contributed by atoms with Crippen LogP contribution < -0.4 is 14.8 Å². The van der Waals surface area contributed by atoms with Crippen molar-refractivity contribution in [2.24, 2.45) is 0 Å². The summed E-state index contributed by atoms with van der Waals surface area (Å²) in [6.07, 6.45) is 0. The third-order valence-corrected chi connectivity index (χ3v) is 2.76. The van der Waals surface area contributed by atoms with Crippen molar-refractivity contribution in [3.63, 3.8) is 0 Å². The van der Waals surface area contributed by atoms with Crippen molar-refractivity contribution in [2.45, 2.75) is 6.92 Å². The number of nitro groups is 1. The van der Waals surface area contributed by atoms with Crippen LogP contribution >= 0.6 is 0 Å². The number of carbonyl (C=O) groups excluding carboxylic acids is 1. The summed E-state index contributed by atoms with van der Waals surface area (Å²) in [7, 11) is 1.38. The first kappa shape index (κ1) is 15.3. The number of nitrogens with zero attached hydrogens (tertiary/aromatic N) is 1. The van der Waals surface area contributed by atoms with Crippen LogP contribution in [0, 0.1) is 10.1 Å². The topological polar surface area (TPSA) is 90.7 Å². The fourth-order valence-corrected chi connectivity index (χ4v) is 1.84. The number of anilines is 1. The minimum absolute atomic E-state index is 0.0456. The van der Waals surface area contributed by atoms with Gasteiger partial charge in [0.15, 0.2) is 11.5 Å². The predicted molar refractivity (Wildman–Crippen MR) is 80.5 cm³/mol. The number of nitrogens with one attached hydrogen (secondary N) is 1.